The number of rotatable bonds is 6. The van der Waals surface area contributed by atoms with Gasteiger partial charge in [0.05, 0.1) is 19.9 Å². The first kappa shape index (κ1) is 14.0. The van der Waals surface area contributed by atoms with Crippen molar-refractivity contribution in [1.29, 1.82) is 0 Å². The van der Waals surface area contributed by atoms with Crippen LogP contribution in [0.15, 0.2) is 36.4 Å². The van der Waals surface area contributed by atoms with Crippen LogP contribution in [0, 0.1) is 0 Å². The monoisotopic (exact) mass is 274 g/mol. The maximum absolute atomic E-state index is 5.73. The lowest BCUT2D eigenvalue weighted by Gasteiger charge is -2.10. The van der Waals surface area contributed by atoms with E-state index in [0.717, 1.165) is 11.5 Å². The van der Waals surface area contributed by atoms with Crippen LogP contribution >= 0.6 is 0 Å². The summed E-state index contributed by atoms with van der Waals surface area (Å²) in [5, 5.41) is 3.00. The van der Waals surface area contributed by atoms with Gasteiger partial charge in [-0.1, -0.05) is 6.07 Å². The second kappa shape index (κ2) is 6.65. The van der Waals surface area contributed by atoms with Crippen molar-refractivity contribution in [3.05, 3.63) is 42.1 Å². The van der Waals surface area contributed by atoms with Crippen LogP contribution in [0.5, 0.6) is 17.2 Å². The van der Waals surface area contributed by atoms with Gasteiger partial charge in [-0.3, -0.25) is 0 Å². The van der Waals surface area contributed by atoms with E-state index in [2.05, 4.69) is 10.3 Å². The minimum atomic E-state index is 0.381. The Morgan fingerprint density at radius 2 is 1.65 bits per heavy atom. The van der Waals surface area contributed by atoms with Gasteiger partial charge < -0.3 is 19.5 Å². The fourth-order valence-electron chi connectivity index (χ4n) is 1.72. The van der Waals surface area contributed by atoms with E-state index in [9.17, 15) is 0 Å². The minimum Gasteiger partial charge on any atom is -0.496 e. The summed E-state index contributed by atoms with van der Waals surface area (Å²) in [7, 11) is 5.05. The number of benzene rings is 1. The van der Waals surface area contributed by atoms with Crippen molar-refractivity contribution in [2.24, 2.45) is 0 Å². The number of aromatic nitrogens is 1. The second-order valence-corrected chi connectivity index (χ2v) is 4.10. The van der Waals surface area contributed by atoms with Crippen LogP contribution in [0.2, 0.25) is 0 Å². The summed E-state index contributed by atoms with van der Waals surface area (Å²) in [5.74, 6) is 2.87. The first-order valence-electron chi connectivity index (χ1n) is 6.24. The number of nitrogens with zero attached hydrogens (tertiary/aromatic N) is 1. The summed E-state index contributed by atoms with van der Waals surface area (Å²) < 4.78 is 16.1. The number of hydrogen-bond acceptors (Lipinski definition) is 5. The summed E-state index contributed by atoms with van der Waals surface area (Å²) in [6.07, 6.45) is 0. The molecule has 5 heteroatoms. The number of ether oxygens (including phenoxy) is 3. The third-order valence-corrected chi connectivity index (χ3v) is 2.77. The number of pyridine rings is 1. The highest BCUT2D eigenvalue weighted by Crippen LogP contribution is 2.27. The van der Waals surface area contributed by atoms with Gasteiger partial charge in [-0.05, 0) is 12.1 Å². The highest BCUT2D eigenvalue weighted by Gasteiger charge is 2.04. The third kappa shape index (κ3) is 3.54. The zero-order chi connectivity index (χ0) is 14.4. The molecule has 0 fully saturated rings. The summed E-state index contributed by atoms with van der Waals surface area (Å²) >= 11 is 0. The van der Waals surface area contributed by atoms with Crippen molar-refractivity contribution >= 4 is 5.82 Å². The van der Waals surface area contributed by atoms with Crippen molar-refractivity contribution in [2.45, 2.75) is 6.61 Å². The Hall–Kier alpha value is -2.43. The molecular weight excluding hydrogens is 256 g/mol. The minimum absolute atomic E-state index is 0.381. The van der Waals surface area contributed by atoms with Crippen LogP contribution in [-0.4, -0.2) is 26.3 Å². The second-order valence-electron chi connectivity index (χ2n) is 4.10. The Bertz CT molecular complexity index is 551. The van der Waals surface area contributed by atoms with Gasteiger partial charge in [-0.25, -0.2) is 4.98 Å². The number of hydrogen-bond donors (Lipinski definition) is 1. The Morgan fingerprint density at radius 1 is 1.00 bits per heavy atom. The molecule has 2 rings (SSSR count). The Balaban J connectivity index is 2.09. The average Bonchev–Trinajstić information content (AvgIpc) is 2.52. The van der Waals surface area contributed by atoms with Gasteiger partial charge in [-0.2, -0.15) is 0 Å². The Morgan fingerprint density at radius 3 is 2.25 bits per heavy atom. The SMILES string of the molecule is CNc1cccc(COc2cc(OC)cc(OC)c2)n1. The maximum atomic E-state index is 5.73. The molecule has 0 saturated heterocycles. The first-order valence-corrected chi connectivity index (χ1v) is 6.24. The van der Waals surface area contributed by atoms with Gasteiger partial charge in [0.2, 0.25) is 0 Å². The molecule has 0 atom stereocenters. The normalized spacial score (nSPS) is 9.95. The van der Waals surface area contributed by atoms with Crippen LogP contribution in [0.25, 0.3) is 0 Å². The molecule has 0 bridgehead atoms. The molecule has 0 unspecified atom stereocenters. The van der Waals surface area contributed by atoms with Crippen molar-refractivity contribution in [1.82, 2.24) is 4.98 Å². The van der Waals surface area contributed by atoms with Crippen LogP contribution < -0.4 is 19.5 Å². The lowest BCUT2D eigenvalue weighted by atomic mass is 10.3. The third-order valence-electron chi connectivity index (χ3n) is 2.77. The van der Waals surface area contributed by atoms with Gasteiger partial charge in [0.1, 0.15) is 29.7 Å². The van der Waals surface area contributed by atoms with Crippen molar-refractivity contribution in [3.8, 4) is 17.2 Å². The van der Waals surface area contributed by atoms with Gasteiger partial charge in [-0.15, -0.1) is 0 Å². The van der Waals surface area contributed by atoms with Crippen LogP contribution in [0.4, 0.5) is 5.82 Å². The van der Waals surface area contributed by atoms with Gasteiger partial charge in [0.15, 0.2) is 0 Å². The Kier molecular flexibility index (Phi) is 4.65. The quantitative estimate of drug-likeness (QED) is 0.877. The molecule has 1 aromatic carbocycles. The summed E-state index contributed by atoms with van der Waals surface area (Å²) in [5.41, 5.74) is 0.846. The molecule has 0 saturated carbocycles. The van der Waals surface area contributed by atoms with E-state index in [1.165, 1.54) is 0 Å². The molecule has 2 aromatic rings. The summed E-state index contributed by atoms with van der Waals surface area (Å²) in [6, 6.07) is 11.2. The zero-order valence-electron chi connectivity index (χ0n) is 11.8. The largest absolute Gasteiger partial charge is 0.496 e. The van der Waals surface area contributed by atoms with Crippen LogP contribution in [0.3, 0.4) is 0 Å². The van der Waals surface area contributed by atoms with Crippen LogP contribution in [-0.2, 0) is 6.61 Å². The van der Waals surface area contributed by atoms with E-state index in [1.54, 1.807) is 20.3 Å². The molecule has 0 aliphatic heterocycles. The molecule has 1 aromatic heterocycles. The molecule has 106 valence electrons. The van der Waals surface area contributed by atoms with E-state index >= 15 is 0 Å². The highest BCUT2D eigenvalue weighted by molar-refractivity contribution is 5.42. The lowest BCUT2D eigenvalue weighted by Crippen LogP contribution is -2.01. The van der Waals surface area contributed by atoms with Gasteiger partial charge in [0.25, 0.3) is 0 Å². The van der Waals surface area contributed by atoms with E-state index < -0.39 is 0 Å². The van der Waals surface area contributed by atoms with E-state index in [-0.39, 0.29) is 0 Å². The van der Waals surface area contributed by atoms with Gasteiger partial charge in [0, 0.05) is 25.2 Å². The van der Waals surface area contributed by atoms with E-state index in [4.69, 9.17) is 14.2 Å². The van der Waals surface area contributed by atoms with Crippen molar-refractivity contribution in [2.75, 3.05) is 26.6 Å². The predicted octanol–water partition coefficient (Wildman–Crippen LogP) is 2.72. The van der Waals surface area contributed by atoms with Crippen molar-refractivity contribution < 1.29 is 14.2 Å². The average molecular weight is 274 g/mol. The standard InChI is InChI=1S/C15H18N2O3/c1-16-15-6-4-5-11(17-15)10-20-14-8-12(18-2)7-13(9-14)19-3/h4-9H,10H2,1-3H3,(H,16,17). The lowest BCUT2D eigenvalue weighted by molar-refractivity contribution is 0.296. The molecule has 5 nitrogen and oxygen atoms in total. The molecule has 0 aliphatic rings. The summed E-state index contributed by atoms with van der Waals surface area (Å²) in [4.78, 5) is 4.39. The Labute approximate surface area is 118 Å². The predicted molar refractivity (Wildman–Crippen MR) is 77.7 cm³/mol. The molecular formula is C15H18N2O3. The molecule has 0 aliphatic carbocycles. The highest BCUT2D eigenvalue weighted by atomic mass is 16.5. The number of anilines is 1. The van der Waals surface area contributed by atoms with Crippen molar-refractivity contribution in [3.63, 3.8) is 0 Å². The molecule has 0 amide bonds. The molecule has 0 spiro atoms. The summed E-state index contributed by atoms with van der Waals surface area (Å²) in [6.45, 7) is 0.381. The number of nitrogens with one attached hydrogen (secondary N) is 1. The fourth-order valence-corrected chi connectivity index (χ4v) is 1.72. The molecule has 20 heavy (non-hydrogen) atoms. The molecule has 0 radical (unpaired) electrons. The fraction of sp³-hybridized carbons (Fsp3) is 0.267. The van der Waals surface area contributed by atoms with E-state index in [1.807, 2.05) is 37.4 Å². The molecule has 1 heterocycles. The number of methoxy groups -OCH3 is 2. The molecule has 1 N–H and O–H groups in total. The zero-order valence-corrected chi connectivity index (χ0v) is 11.8. The first-order chi connectivity index (χ1) is 9.75. The smallest absolute Gasteiger partial charge is 0.130 e. The van der Waals surface area contributed by atoms with Gasteiger partial charge >= 0.3 is 0 Å². The topological polar surface area (TPSA) is 52.6 Å². The van der Waals surface area contributed by atoms with E-state index in [0.29, 0.717) is 23.9 Å². The van der Waals surface area contributed by atoms with Crippen LogP contribution in [0.1, 0.15) is 5.69 Å². The maximum Gasteiger partial charge on any atom is 0.130 e.